The molecule has 0 spiro atoms. The topological polar surface area (TPSA) is 183 Å². The van der Waals surface area contributed by atoms with Crippen molar-refractivity contribution in [1.29, 1.82) is 0 Å². The third-order valence-corrected chi connectivity index (χ3v) is 0. The van der Waals surface area contributed by atoms with Crippen LogP contribution in [-0.2, 0) is 25.0 Å². The van der Waals surface area contributed by atoms with Crippen LogP contribution < -0.4 is 11.0 Å². The first kappa shape index (κ1) is 22.4. The molecule has 0 aliphatic carbocycles. The Bertz CT molecular complexity index is 116. The van der Waals surface area contributed by atoms with Gasteiger partial charge in [-0.1, -0.05) is 0 Å². The standard InChI is InChI=1S/NO3.H3N.H3O4P.Pd/c2-1(3)4;;1-5(2,3)4;/h;1H3;(H3,1,2,3,4);/q-1;;;+1. The number of rotatable bonds is 0. The van der Waals surface area contributed by atoms with Gasteiger partial charge in [0.2, 0.25) is 0 Å². The van der Waals surface area contributed by atoms with Crippen molar-refractivity contribution in [2.24, 2.45) is 0 Å². The minimum absolute atomic E-state index is 0. The molecule has 73 valence electrons. The van der Waals surface area contributed by atoms with Gasteiger partial charge in [0.15, 0.2) is 0 Å². The average molecular weight is 283 g/mol. The summed E-state index contributed by atoms with van der Waals surface area (Å²) in [5.41, 5.74) is 0. The molecule has 6 N–H and O–H groups in total. The molecule has 0 fully saturated rings. The average Bonchev–Trinajstić information content (AvgIpc) is 1.19. The summed E-state index contributed by atoms with van der Waals surface area (Å²) in [5, 5.41) is 14.8. The Morgan fingerprint density at radius 3 is 1.27 bits per heavy atom. The Kier molecular flexibility index (Phi) is 20.3. The molecular weight excluding hydrogens is 277 g/mol. The van der Waals surface area contributed by atoms with Crippen LogP contribution in [0, 0.1) is 15.3 Å². The first-order chi connectivity index (χ1) is 3.73. The molecule has 9 nitrogen and oxygen atoms in total. The van der Waals surface area contributed by atoms with E-state index in [2.05, 4.69) is 0 Å². The van der Waals surface area contributed by atoms with Gasteiger partial charge in [-0.3, -0.25) is 4.57 Å². The van der Waals surface area contributed by atoms with E-state index in [0.717, 1.165) is 0 Å². The van der Waals surface area contributed by atoms with Gasteiger partial charge in [0, 0.05) is 0 Å². The molecule has 0 aliphatic heterocycles. The van der Waals surface area contributed by atoms with Gasteiger partial charge in [-0.05, 0) is 0 Å². The van der Waals surface area contributed by atoms with Crippen LogP contribution in [0.1, 0.15) is 0 Å². The Balaban J connectivity index is -0.0000000383. The molecule has 0 saturated heterocycles. The Hall–Kier alpha value is -0.0677. The summed E-state index contributed by atoms with van der Waals surface area (Å²) in [6, 6.07) is 0. The molecule has 0 aromatic rings. The van der Waals surface area contributed by atoms with Crippen molar-refractivity contribution in [2.45, 2.75) is 0 Å². The van der Waals surface area contributed by atoms with Crippen LogP contribution in [-0.4, -0.2) is 14.9 Å². The second kappa shape index (κ2) is 9.93. The Morgan fingerprint density at radius 2 is 1.27 bits per heavy atom. The van der Waals surface area contributed by atoms with Crippen molar-refractivity contribution < 1.29 is 44.8 Å². The van der Waals surface area contributed by atoms with Crippen LogP contribution in [0.25, 0.3) is 0 Å². The van der Waals surface area contributed by atoms with Crippen molar-refractivity contribution in [3.8, 4) is 0 Å². The number of hydrogen-bond donors (Lipinski definition) is 3. The number of quaternary nitrogens is 1. The van der Waals surface area contributed by atoms with E-state index in [1.807, 2.05) is 0 Å². The molecule has 1 radical (unpaired) electrons. The molecule has 0 unspecified atom stereocenters. The number of phosphoric acid groups is 1. The maximum Gasteiger partial charge on any atom is 1.00 e. The molecule has 0 aliphatic rings. The third-order valence-electron chi connectivity index (χ3n) is 0. The Labute approximate surface area is 74.6 Å². The maximum atomic E-state index is 8.77. The molecule has 11 heteroatoms. The summed E-state index contributed by atoms with van der Waals surface area (Å²) in [5.74, 6) is 0. The fourth-order valence-electron chi connectivity index (χ4n) is 0. The second-order valence-electron chi connectivity index (χ2n) is 0.714. The van der Waals surface area contributed by atoms with Crippen LogP contribution in [0.15, 0.2) is 0 Å². The molecule has 0 aromatic carbocycles. The summed E-state index contributed by atoms with van der Waals surface area (Å²) >= 11 is 0. The molecule has 0 rings (SSSR count). The fraction of sp³-hybridized carbons (Fsp3) is 0. The van der Waals surface area contributed by atoms with E-state index in [9.17, 15) is 0 Å². The molecule has 0 bridgehead atoms. The van der Waals surface area contributed by atoms with Crippen LogP contribution in [0.4, 0.5) is 0 Å². The predicted octanol–water partition coefficient (Wildman–Crippen LogP) is -1.43. The van der Waals surface area contributed by atoms with Gasteiger partial charge < -0.3 is 36.2 Å². The van der Waals surface area contributed by atoms with Crippen LogP contribution in [0.5, 0.6) is 0 Å². The summed E-state index contributed by atoms with van der Waals surface area (Å²) < 4.78 is 8.77. The smallest absolute Gasteiger partial charge is 0.756 e. The minimum atomic E-state index is -4.89. The van der Waals surface area contributed by atoms with Crippen molar-refractivity contribution in [2.75, 3.05) is 0 Å². The molecule has 0 aromatic heterocycles. The van der Waals surface area contributed by atoms with Crippen molar-refractivity contribution in [3.63, 3.8) is 0 Å². The van der Waals surface area contributed by atoms with E-state index < -0.39 is 12.9 Å². The molecule has 11 heavy (non-hydrogen) atoms. The number of hydrogen-bond acceptors (Lipinski definition) is 5. The van der Waals surface area contributed by atoms with Gasteiger partial charge in [-0.2, -0.15) is 0 Å². The summed E-state index contributed by atoms with van der Waals surface area (Å²) in [7, 11) is -4.89. The Morgan fingerprint density at radius 1 is 1.27 bits per heavy atom. The summed E-state index contributed by atoms with van der Waals surface area (Å²) in [6.07, 6.45) is 0. The van der Waals surface area contributed by atoms with Gasteiger partial charge >= 0.3 is 20.4 Å². The van der Waals surface area contributed by atoms with Crippen molar-refractivity contribution in [1.82, 2.24) is 6.15 Å². The first-order valence-electron chi connectivity index (χ1n) is 1.31. The van der Waals surface area contributed by atoms with Gasteiger partial charge in [0.25, 0.3) is 7.82 Å². The monoisotopic (exact) mass is 283 g/mol. The van der Waals surface area contributed by atoms with E-state index >= 15 is 0 Å². The van der Waals surface area contributed by atoms with Crippen LogP contribution in [0.3, 0.4) is 0 Å². The van der Waals surface area contributed by atoms with E-state index in [1.54, 1.807) is 0 Å². The van der Waals surface area contributed by atoms with Crippen LogP contribution >= 0.6 is 7.82 Å². The zero-order chi connectivity index (χ0) is 8.08. The molecule has 0 atom stereocenters. The number of nitrogens with zero attached hydrogens (tertiary/aromatic N) is 1. The van der Waals surface area contributed by atoms with Gasteiger partial charge in [-0.15, -0.1) is 0 Å². The third kappa shape index (κ3) is 137000. The predicted molar refractivity (Wildman–Crippen MR) is 28.4 cm³/mol. The van der Waals surface area contributed by atoms with E-state index in [4.69, 9.17) is 34.6 Å². The molecule has 0 saturated carbocycles. The fourth-order valence-corrected chi connectivity index (χ4v) is 0. The zero-order valence-electron chi connectivity index (χ0n) is 5.15. The SMILES string of the molecule is O=P([O-])(O)O.O=[N+]([O-])[O-].[NH4+].[Pd+]. The van der Waals surface area contributed by atoms with E-state index in [0.29, 0.717) is 0 Å². The van der Waals surface area contributed by atoms with E-state index in [1.165, 1.54) is 0 Å². The normalized spacial score (nSPS) is 7.55. The van der Waals surface area contributed by atoms with Crippen molar-refractivity contribution in [3.05, 3.63) is 15.3 Å². The van der Waals surface area contributed by atoms with Gasteiger partial charge in [0.1, 0.15) is 0 Å². The second-order valence-corrected chi connectivity index (χ2v) is 1.70. The summed E-state index contributed by atoms with van der Waals surface area (Å²) in [6.45, 7) is 0. The van der Waals surface area contributed by atoms with Crippen molar-refractivity contribution >= 4 is 7.82 Å². The van der Waals surface area contributed by atoms with Gasteiger partial charge in [0.05, 0.1) is 5.09 Å². The largest absolute Gasteiger partial charge is 1.00 e. The minimum Gasteiger partial charge on any atom is -0.756 e. The quantitative estimate of drug-likeness (QED) is 0.210. The molecule has 0 heterocycles. The van der Waals surface area contributed by atoms with Gasteiger partial charge in [-0.25, -0.2) is 0 Å². The van der Waals surface area contributed by atoms with E-state index in [-0.39, 0.29) is 26.6 Å². The van der Waals surface area contributed by atoms with Crippen LogP contribution in [0.2, 0.25) is 0 Å². The summed E-state index contributed by atoms with van der Waals surface area (Å²) in [4.78, 5) is 31.2. The maximum absolute atomic E-state index is 8.77. The molecule has 0 amide bonds. The first-order valence-corrected chi connectivity index (χ1v) is 2.84. The zero-order valence-corrected chi connectivity index (χ0v) is 7.60. The molecular formula is H6N2O7PPd.